The van der Waals surface area contributed by atoms with Crippen molar-refractivity contribution in [3.63, 3.8) is 0 Å². The molecule has 0 aliphatic carbocycles. The summed E-state index contributed by atoms with van der Waals surface area (Å²) in [5, 5.41) is 14.2. The van der Waals surface area contributed by atoms with E-state index in [1.807, 2.05) is 0 Å². The van der Waals surface area contributed by atoms with E-state index in [0.717, 1.165) is 12.1 Å². The molecule has 3 heterocycles. The average Bonchev–Trinajstić information content (AvgIpc) is 3.33. The Kier molecular flexibility index (Phi) is 4.99. The number of aromatic amines is 1. The minimum atomic E-state index is -1.53. The smallest absolute Gasteiger partial charge is 0.231 e. The Labute approximate surface area is 162 Å². The first-order chi connectivity index (χ1) is 14.0. The number of aromatic nitrogens is 4. The molecule has 1 aliphatic heterocycles. The Morgan fingerprint density at radius 1 is 1.10 bits per heavy atom. The SMILES string of the molecule is O=C1C(Cc2cc(F)c(F)c(F)c2)CCN1c1cc(-c2cnncc2CF)n[nH]1. The highest BCUT2D eigenvalue weighted by atomic mass is 19.2. The van der Waals surface area contributed by atoms with Gasteiger partial charge in [-0.05, 0) is 30.5 Å². The van der Waals surface area contributed by atoms with E-state index in [9.17, 15) is 22.4 Å². The summed E-state index contributed by atoms with van der Waals surface area (Å²) in [6.45, 7) is -0.357. The molecule has 1 atom stereocenters. The summed E-state index contributed by atoms with van der Waals surface area (Å²) >= 11 is 0. The standard InChI is InChI=1S/C19H15F4N5O/c20-7-12-8-24-25-9-13(12)16-6-17(27-26-16)28-2-1-11(19(28)29)3-10-4-14(21)18(23)15(22)5-10/h4-6,8-9,11H,1-3,7H2,(H,26,27). The van der Waals surface area contributed by atoms with Gasteiger partial charge in [0, 0.05) is 29.7 Å². The lowest BCUT2D eigenvalue weighted by atomic mass is 9.98. The topological polar surface area (TPSA) is 74.8 Å². The van der Waals surface area contributed by atoms with Gasteiger partial charge in [-0.25, -0.2) is 17.6 Å². The minimum absolute atomic E-state index is 0.0880. The van der Waals surface area contributed by atoms with Crippen LogP contribution < -0.4 is 4.90 Å². The second kappa shape index (κ2) is 7.61. The quantitative estimate of drug-likeness (QED) is 0.522. The van der Waals surface area contributed by atoms with Crippen molar-refractivity contribution in [1.82, 2.24) is 20.4 Å². The third-order valence-corrected chi connectivity index (χ3v) is 4.93. The van der Waals surface area contributed by atoms with E-state index < -0.39 is 30.0 Å². The Bertz CT molecular complexity index is 1050. The van der Waals surface area contributed by atoms with Gasteiger partial charge in [0.05, 0.1) is 18.1 Å². The van der Waals surface area contributed by atoms with Crippen molar-refractivity contribution in [2.75, 3.05) is 11.4 Å². The second-order valence-electron chi connectivity index (χ2n) is 6.75. The van der Waals surface area contributed by atoms with Gasteiger partial charge in [0.1, 0.15) is 12.5 Å². The number of carbonyl (C=O) groups is 1. The predicted molar refractivity (Wildman–Crippen MR) is 94.9 cm³/mol. The summed E-state index contributed by atoms with van der Waals surface area (Å²) < 4.78 is 53.1. The highest BCUT2D eigenvalue weighted by Crippen LogP contribution is 2.30. The summed E-state index contributed by atoms with van der Waals surface area (Å²) in [5.41, 5.74) is 1.42. The van der Waals surface area contributed by atoms with Crippen LogP contribution in [-0.4, -0.2) is 32.8 Å². The molecule has 1 aromatic carbocycles. The molecule has 29 heavy (non-hydrogen) atoms. The number of alkyl halides is 1. The number of hydrogen-bond acceptors (Lipinski definition) is 4. The largest absolute Gasteiger partial charge is 0.297 e. The molecular formula is C19H15F4N5O. The van der Waals surface area contributed by atoms with Crippen molar-refractivity contribution in [1.29, 1.82) is 0 Å². The van der Waals surface area contributed by atoms with Crippen LogP contribution in [0.3, 0.4) is 0 Å². The van der Waals surface area contributed by atoms with Crippen LogP contribution in [-0.2, 0) is 17.9 Å². The van der Waals surface area contributed by atoms with Crippen LogP contribution in [0.5, 0.6) is 0 Å². The number of amides is 1. The van der Waals surface area contributed by atoms with Crippen LogP contribution in [0, 0.1) is 23.4 Å². The van der Waals surface area contributed by atoms with Crippen LogP contribution in [0.25, 0.3) is 11.3 Å². The Hall–Kier alpha value is -3.30. The third-order valence-electron chi connectivity index (χ3n) is 4.93. The molecule has 1 N–H and O–H groups in total. The fourth-order valence-electron chi connectivity index (χ4n) is 3.45. The van der Waals surface area contributed by atoms with Crippen molar-refractivity contribution >= 4 is 11.7 Å². The first-order valence-corrected chi connectivity index (χ1v) is 8.84. The van der Waals surface area contributed by atoms with Crippen molar-refractivity contribution in [2.24, 2.45) is 5.92 Å². The third kappa shape index (κ3) is 3.57. The molecule has 3 aromatic rings. The van der Waals surface area contributed by atoms with Gasteiger partial charge in [-0.15, -0.1) is 0 Å². The number of benzene rings is 1. The first kappa shape index (κ1) is 19.0. The molecule has 0 bridgehead atoms. The Morgan fingerprint density at radius 2 is 1.83 bits per heavy atom. The normalized spacial score (nSPS) is 16.6. The van der Waals surface area contributed by atoms with Crippen molar-refractivity contribution in [2.45, 2.75) is 19.5 Å². The van der Waals surface area contributed by atoms with Crippen molar-refractivity contribution < 1.29 is 22.4 Å². The maximum atomic E-state index is 13.4. The zero-order chi connectivity index (χ0) is 20.5. The Morgan fingerprint density at radius 3 is 2.55 bits per heavy atom. The summed E-state index contributed by atoms with van der Waals surface area (Å²) in [4.78, 5) is 14.2. The lowest BCUT2D eigenvalue weighted by Gasteiger charge is -2.14. The maximum Gasteiger partial charge on any atom is 0.231 e. The molecule has 150 valence electrons. The van der Waals surface area contributed by atoms with Gasteiger partial charge in [-0.2, -0.15) is 15.3 Å². The van der Waals surface area contributed by atoms with E-state index in [2.05, 4.69) is 20.4 Å². The van der Waals surface area contributed by atoms with Crippen LogP contribution in [0.1, 0.15) is 17.5 Å². The van der Waals surface area contributed by atoms with Gasteiger partial charge in [-0.1, -0.05) is 0 Å². The fourth-order valence-corrected chi connectivity index (χ4v) is 3.45. The molecule has 1 saturated heterocycles. The average molecular weight is 405 g/mol. The zero-order valence-electron chi connectivity index (χ0n) is 15.0. The number of halogens is 4. The van der Waals surface area contributed by atoms with E-state index in [0.29, 0.717) is 35.6 Å². The molecule has 4 rings (SSSR count). The molecular weight excluding hydrogens is 390 g/mol. The molecule has 0 spiro atoms. The van der Waals surface area contributed by atoms with Crippen molar-refractivity contribution in [3.05, 3.63) is 59.2 Å². The molecule has 6 nitrogen and oxygen atoms in total. The number of H-pyrrole nitrogens is 1. The Balaban J connectivity index is 1.52. The number of hydrogen-bond donors (Lipinski definition) is 1. The summed E-state index contributed by atoms with van der Waals surface area (Å²) in [5.74, 6) is -4.42. The molecule has 1 unspecified atom stereocenters. The van der Waals surface area contributed by atoms with E-state index in [1.165, 1.54) is 17.3 Å². The predicted octanol–water partition coefficient (Wildman–Crippen LogP) is 3.35. The van der Waals surface area contributed by atoms with Crippen LogP contribution >= 0.6 is 0 Å². The van der Waals surface area contributed by atoms with Crippen LogP contribution in [0.4, 0.5) is 23.4 Å². The second-order valence-corrected chi connectivity index (χ2v) is 6.75. The summed E-state index contributed by atoms with van der Waals surface area (Å²) in [6.07, 6.45) is 3.24. The van der Waals surface area contributed by atoms with E-state index in [4.69, 9.17) is 0 Å². The lowest BCUT2D eigenvalue weighted by molar-refractivity contribution is -0.120. The van der Waals surface area contributed by atoms with Gasteiger partial charge in [0.25, 0.3) is 0 Å². The number of nitrogens with one attached hydrogen (secondary N) is 1. The number of anilines is 1. The molecule has 0 saturated carbocycles. The van der Waals surface area contributed by atoms with E-state index >= 15 is 0 Å². The number of carbonyl (C=O) groups excluding carboxylic acids is 1. The minimum Gasteiger partial charge on any atom is -0.297 e. The van der Waals surface area contributed by atoms with Gasteiger partial charge in [-0.3, -0.25) is 14.8 Å². The molecule has 10 heteroatoms. The molecule has 1 aliphatic rings. The van der Waals surface area contributed by atoms with Gasteiger partial charge in [0.15, 0.2) is 17.5 Å². The van der Waals surface area contributed by atoms with E-state index in [-0.39, 0.29) is 17.9 Å². The van der Waals surface area contributed by atoms with E-state index in [1.54, 1.807) is 6.07 Å². The summed E-state index contributed by atoms with van der Waals surface area (Å²) in [6, 6.07) is 3.41. The molecule has 2 aromatic heterocycles. The highest BCUT2D eigenvalue weighted by Gasteiger charge is 2.34. The molecule has 1 amide bonds. The monoisotopic (exact) mass is 405 g/mol. The summed E-state index contributed by atoms with van der Waals surface area (Å²) in [7, 11) is 0. The lowest BCUT2D eigenvalue weighted by Crippen LogP contribution is -2.28. The fraction of sp³-hybridized carbons (Fsp3) is 0.263. The molecule has 1 fully saturated rings. The molecule has 0 radical (unpaired) electrons. The van der Waals surface area contributed by atoms with Gasteiger partial charge < -0.3 is 0 Å². The van der Waals surface area contributed by atoms with Crippen molar-refractivity contribution in [3.8, 4) is 11.3 Å². The van der Waals surface area contributed by atoms with Crippen LogP contribution in [0.2, 0.25) is 0 Å². The maximum absolute atomic E-state index is 13.4. The van der Waals surface area contributed by atoms with Gasteiger partial charge >= 0.3 is 0 Å². The van der Waals surface area contributed by atoms with Crippen LogP contribution in [0.15, 0.2) is 30.6 Å². The zero-order valence-corrected chi connectivity index (χ0v) is 15.0. The highest BCUT2D eigenvalue weighted by molar-refractivity contribution is 5.96. The number of nitrogens with zero attached hydrogens (tertiary/aromatic N) is 4. The first-order valence-electron chi connectivity index (χ1n) is 8.84. The number of rotatable bonds is 5. The van der Waals surface area contributed by atoms with Gasteiger partial charge in [0.2, 0.25) is 5.91 Å².